The zero-order valence-electron chi connectivity index (χ0n) is 10.7. The summed E-state index contributed by atoms with van der Waals surface area (Å²) in [5.41, 5.74) is 0.823. The van der Waals surface area contributed by atoms with Crippen molar-refractivity contribution in [3.8, 4) is 6.07 Å². The van der Waals surface area contributed by atoms with Gasteiger partial charge in [0.25, 0.3) is 0 Å². The minimum Gasteiger partial charge on any atom is -0.476 e. The van der Waals surface area contributed by atoms with Crippen LogP contribution in [0, 0.1) is 11.3 Å². The lowest BCUT2D eigenvalue weighted by molar-refractivity contribution is 0.0685. The van der Waals surface area contributed by atoms with Crippen LogP contribution in [-0.4, -0.2) is 22.8 Å². The number of anilines is 1. The van der Waals surface area contributed by atoms with E-state index in [1.165, 1.54) is 6.07 Å². The van der Waals surface area contributed by atoms with Crippen molar-refractivity contribution >= 4 is 11.7 Å². The predicted octanol–water partition coefficient (Wildman–Crippen LogP) is 2.29. The molecule has 0 amide bonds. The first-order valence-corrected chi connectivity index (χ1v) is 6.06. The van der Waals surface area contributed by atoms with Crippen LogP contribution in [-0.2, 0) is 6.54 Å². The number of rotatable bonds is 6. The molecule has 1 N–H and O–H groups in total. The third-order valence-corrected chi connectivity index (χ3v) is 2.74. The molecule has 1 heterocycles. The summed E-state index contributed by atoms with van der Waals surface area (Å²) in [6.45, 7) is 0.898. The Morgan fingerprint density at radius 1 is 1.40 bits per heavy atom. The van der Waals surface area contributed by atoms with Crippen LogP contribution in [0.4, 0.5) is 5.69 Å². The second-order valence-corrected chi connectivity index (χ2v) is 4.15. The minimum absolute atomic E-state index is 0.117. The third-order valence-electron chi connectivity index (χ3n) is 2.74. The standard InChI is InChI=1S/C14H13N3O3/c15-7-4-8-17(11-5-2-1-3-6-11)10-12-9-13(14(18)19)16-20-12/h1-3,5-6,9H,4,8,10H2,(H,18,19). The van der Waals surface area contributed by atoms with Gasteiger partial charge in [0.15, 0.2) is 11.5 Å². The van der Waals surface area contributed by atoms with Crippen LogP contribution in [0.3, 0.4) is 0 Å². The number of carboxylic acids is 1. The van der Waals surface area contributed by atoms with E-state index in [4.69, 9.17) is 14.9 Å². The molecule has 20 heavy (non-hydrogen) atoms. The molecular formula is C14H13N3O3. The molecule has 0 saturated heterocycles. The number of hydrogen-bond donors (Lipinski definition) is 1. The van der Waals surface area contributed by atoms with Crippen molar-refractivity contribution in [2.45, 2.75) is 13.0 Å². The zero-order valence-corrected chi connectivity index (χ0v) is 10.7. The molecule has 0 radical (unpaired) electrons. The molecular weight excluding hydrogens is 258 g/mol. The van der Waals surface area contributed by atoms with Crippen molar-refractivity contribution in [3.05, 3.63) is 47.9 Å². The highest BCUT2D eigenvalue weighted by Crippen LogP contribution is 2.17. The SMILES string of the molecule is N#CCCN(Cc1cc(C(=O)O)no1)c1ccccc1. The van der Waals surface area contributed by atoms with Gasteiger partial charge in [0.05, 0.1) is 19.0 Å². The van der Waals surface area contributed by atoms with Crippen LogP contribution in [0.25, 0.3) is 0 Å². The summed E-state index contributed by atoms with van der Waals surface area (Å²) in [7, 11) is 0. The molecule has 2 aromatic rings. The molecule has 0 aliphatic rings. The molecule has 6 heteroatoms. The summed E-state index contributed by atoms with van der Waals surface area (Å²) in [5, 5.41) is 21.0. The summed E-state index contributed by atoms with van der Waals surface area (Å²) in [6.07, 6.45) is 0.370. The Balaban J connectivity index is 2.15. The van der Waals surface area contributed by atoms with Gasteiger partial charge in [-0.25, -0.2) is 4.79 Å². The second-order valence-electron chi connectivity index (χ2n) is 4.15. The Morgan fingerprint density at radius 2 is 2.15 bits per heavy atom. The minimum atomic E-state index is -1.12. The molecule has 0 atom stereocenters. The van der Waals surface area contributed by atoms with Crippen LogP contribution in [0.2, 0.25) is 0 Å². The lowest BCUT2D eigenvalue weighted by atomic mass is 10.2. The number of aromatic carboxylic acids is 1. The Kier molecular flexibility index (Phi) is 4.35. The number of carboxylic acid groups (broad SMARTS) is 1. The Morgan fingerprint density at radius 3 is 2.75 bits per heavy atom. The van der Waals surface area contributed by atoms with E-state index in [2.05, 4.69) is 11.2 Å². The average molecular weight is 271 g/mol. The molecule has 1 aromatic heterocycles. The van der Waals surface area contributed by atoms with E-state index in [-0.39, 0.29) is 5.69 Å². The fourth-order valence-electron chi connectivity index (χ4n) is 1.80. The monoisotopic (exact) mass is 271 g/mol. The first-order valence-electron chi connectivity index (χ1n) is 6.06. The van der Waals surface area contributed by atoms with Gasteiger partial charge in [-0.05, 0) is 12.1 Å². The molecule has 0 saturated carbocycles. The third kappa shape index (κ3) is 3.36. The van der Waals surface area contributed by atoms with Crippen molar-refractivity contribution in [3.63, 3.8) is 0 Å². The second kappa shape index (κ2) is 6.38. The predicted molar refractivity (Wildman–Crippen MR) is 71.2 cm³/mol. The van der Waals surface area contributed by atoms with Gasteiger partial charge in [0.1, 0.15) is 0 Å². The summed E-state index contributed by atoms with van der Waals surface area (Å²) >= 11 is 0. The van der Waals surface area contributed by atoms with Gasteiger partial charge < -0.3 is 14.5 Å². The number of para-hydroxylation sites is 1. The first kappa shape index (κ1) is 13.6. The van der Waals surface area contributed by atoms with E-state index in [0.29, 0.717) is 25.3 Å². The fourth-order valence-corrected chi connectivity index (χ4v) is 1.80. The quantitative estimate of drug-likeness (QED) is 0.866. The molecule has 1 aromatic carbocycles. The van der Waals surface area contributed by atoms with Crippen LogP contribution < -0.4 is 4.90 Å². The van der Waals surface area contributed by atoms with Crippen LogP contribution in [0.15, 0.2) is 40.9 Å². The van der Waals surface area contributed by atoms with Gasteiger partial charge in [-0.15, -0.1) is 0 Å². The molecule has 0 unspecified atom stereocenters. The highest BCUT2D eigenvalue weighted by atomic mass is 16.5. The molecule has 0 aliphatic carbocycles. The fraction of sp³-hybridized carbons (Fsp3) is 0.214. The van der Waals surface area contributed by atoms with Crippen molar-refractivity contribution in [2.24, 2.45) is 0 Å². The molecule has 0 spiro atoms. The summed E-state index contributed by atoms with van der Waals surface area (Å²) in [6, 6.07) is 13.0. The smallest absolute Gasteiger partial charge is 0.358 e. The molecule has 102 valence electrons. The normalized spacial score (nSPS) is 9.95. The van der Waals surface area contributed by atoms with E-state index < -0.39 is 5.97 Å². The van der Waals surface area contributed by atoms with Crippen LogP contribution >= 0.6 is 0 Å². The largest absolute Gasteiger partial charge is 0.476 e. The topological polar surface area (TPSA) is 90.4 Å². The van der Waals surface area contributed by atoms with Gasteiger partial charge >= 0.3 is 5.97 Å². The Bertz CT molecular complexity index is 616. The molecule has 0 aliphatic heterocycles. The highest BCUT2D eigenvalue weighted by molar-refractivity contribution is 5.85. The number of carbonyl (C=O) groups is 1. The average Bonchev–Trinajstić information content (AvgIpc) is 2.93. The Labute approximate surface area is 115 Å². The summed E-state index contributed by atoms with van der Waals surface area (Å²) in [4.78, 5) is 12.7. The molecule has 0 bridgehead atoms. The van der Waals surface area contributed by atoms with Gasteiger partial charge in [0, 0.05) is 18.3 Å². The highest BCUT2D eigenvalue weighted by Gasteiger charge is 2.14. The first-order chi connectivity index (χ1) is 9.70. The van der Waals surface area contributed by atoms with Crippen LogP contribution in [0.1, 0.15) is 22.7 Å². The lowest BCUT2D eigenvalue weighted by Gasteiger charge is -2.22. The molecule has 6 nitrogen and oxygen atoms in total. The van der Waals surface area contributed by atoms with Crippen molar-refractivity contribution in [1.82, 2.24) is 5.16 Å². The van der Waals surface area contributed by atoms with Crippen molar-refractivity contribution < 1.29 is 14.4 Å². The lowest BCUT2D eigenvalue weighted by Crippen LogP contribution is -2.23. The maximum Gasteiger partial charge on any atom is 0.358 e. The number of nitriles is 1. The van der Waals surface area contributed by atoms with E-state index >= 15 is 0 Å². The van der Waals surface area contributed by atoms with E-state index in [0.717, 1.165) is 5.69 Å². The number of benzene rings is 1. The molecule has 2 rings (SSSR count). The summed E-state index contributed by atoms with van der Waals surface area (Å²) < 4.78 is 5.00. The van der Waals surface area contributed by atoms with Gasteiger partial charge in [0.2, 0.25) is 0 Å². The number of nitrogens with zero attached hydrogens (tertiary/aromatic N) is 3. The zero-order chi connectivity index (χ0) is 14.4. The molecule has 0 fully saturated rings. The van der Waals surface area contributed by atoms with E-state index in [1.807, 2.05) is 35.2 Å². The maximum atomic E-state index is 10.8. The maximum absolute atomic E-state index is 10.8. The van der Waals surface area contributed by atoms with Crippen molar-refractivity contribution in [2.75, 3.05) is 11.4 Å². The summed E-state index contributed by atoms with van der Waals surface area (Å²) in [5.74, 6) is -0.674. The Hall–Kier alpha value is -2.81. The van der Waals surface area contributed by atoms with Gasteiger partial charge in [-0.3, -0.25) is 0 Å². The van der Waals surface area contributed by atoms with Gasteiger partial charge in [-0.1, -0.05) is 23.4 Å². The van der Waals surface area contributed by atoms with Gasteiger partial charge in [-0.2, -0.15) is 5.26 Å². The van der Waals surface area contributed by atoms with E-state index in [9.17, 15) is 4.79 Å². The van der Waals surface area contributed by atoms with E-state index in [1.54, 1.807) is 0 Å². The number of aromatic nitrogens is 1. The van der Waals surface area contributed by atoms with Crippen molar-refractivity contribution in [1.29, 1.82) is 5.26 Å². The number of hydrogen-bond acceptors (Lipinski definition) is 5. The van der Waals surface area contributed by atoms with Crippen LogP contribution in [0.5, 0.6) is 0 Å².